The monoisotopic (exact) mass is 307 g/mol. The lowest BCUT2D eigenvalue weighted by molar-refractivity contribution is 0.157. The van der Waals surface area contributed by atoms with E-state index in [-0.39, 0.29) is 12.1 Å². The molecule has 4 heteroatoms. The summed E-state index contributed by atoms with van der Waals surface area (Å²) in [5, 5.41) is 0.840. The van der Waals surface area contributed by atoms with Gasteiger partial charge in [-0.25, -0.2) is 0 Å². The first-order chi connectivity index (χ1) is 10.2. The zero-order valence-corrected chi connectivity index (χ0v) is 13.6. The van der Waals surface area contributed by atoms with E-state index in [1.165, 1.54) is 37.9 Å². The van der Waals surface area contributed by atoms with E-state index in [9.17, 15) is 0 Å². The van der Waals surface area contributed by atoms with Crippen molar-refractivity contribution >= 4 is 11.6 Å². The number of hydrogen-bond donors (Lipinski definition) is 1. The molecule has 2 aliphatic heterocycles. The SMILES string of the molecule is CC(N)C(c1ccccc1Cl)N1CCCN2CCCC2C1. The minimum absolute atomic E-state index is 0.0813. The summed E-state index contributed by atoms with van der Waals surface area (Å²) in [7, 11) is 0. The van der Waals surface area contributed by atoms with Gasteiger partial charge < -0.3 is 5.73 Å². The summed E-state index contributed by atoms with van der Waals surface area (Å²) in [6, 6.07) is 9.18. The predicted octanol–water partition coefficient (Wildman–Crippen LogP) is 2.90. The molecule has 3 nitrogen and oxygen atoms in total. The molecule has 0 spiro atoms. The largest absolute Gasteiger partial charge is 0.326 e. The van der Waals surface area contributed by atoms with Gasteiger partial charge >= 0.3 is 0 Å². The van der Waals surface area contributed by atoms with Gasteiger partial charge in [0.25, 0.3) is 0 Å². The van der Waals surface area contributed by atoms with Crippen LogP contribution in [0.1, 0.15) is 37.8 Å². The van der Waals surface area contributed by atoms with Gasteiger partial charge in [-0.05, 0) is 50.9 Å². The van der Waals surface area contributed by atoms with Crippen molar-refractivity contribution in [3.63, 3.8) is 0 Å². The summed E-state index contributed by atoms with van der Waals surface area (Å²) in [6.07, 6.45) is 3.89. The molecule has 116 valence electrons. The van der Waals surface area contributed by atoms with E-state index in [0.717, 1.165) is 18.1 Å². The van der Waals surface area contributed by atoms with Crippen LogP contribution >= 0.6 is 11.6 Å². The van der Waals surface area contributed by atoms with Gasteiger partial charge in [0.05, 0.1) is 6.04 Å². The van der Waals surface area contributed by atoms with Crippen LogP contribution < -0.4 is 5.73 Å². The molecule has 2 aliphatic rings. The molecule has 1 aromatic carbocycles. The third-order valence-corrected chi connectivity index (χ3v) is 5.29. The fraction of sp³-hybridized carbons (Fsp3) is 0.647. The Hall–Kier alpha value is -0.610. The van der Waals surface area contributed by atoms with Crippen LogP contribution in [0.3, 0.4) is 0 Å². The van der Waals surface area contributed by atoms with E-state index in [1.54, 1.807) is 0 Å². The highest BCUT2D eigenvalue weighted by Gasteiger charge is 2.33. The molecular weight excluding hydrogens is 282 g/mol. The highest BCUT2D eigenvalue weighted by atomic mass is 35.5. The number of halogens is 1. The van der Waals surface area contributed by atoms with Crippen LogP contribution in [-0.4, -0.2) is 48.1 Å². The maximum Gasteiger partial charge on any atom is 0.0511 e. The molecule has 1 aromatic rings. The van der Waals surface area contributed by atoms with Crippen LogP contribution in [0.15, 0.2) is 24.3 Å². The lowest BCUT2D eigenvalue weighted by Gasteiger charge is -2.36. The van der Waals surface area contributed by atoms with Crippen molar-refractivity contribution in [1.82, 2.24) is 9.80 Å². The van der Waals surface area contributed by atoms with Gasteiger partial charge in [-0.3, -0.25) is 9.80 Å². The normalized spacial score (nSPS) is 27.1. The van der Waals surface area contributed by atoms with Gasteiger partial charge in [0, 0.05) is 30.2 Å². The molecular formula is C17H26ClN3. The topological polar surface area (TPSA) is 32.5 Å². The Labute approximate surface area is 133 Å². The molecule has 0 amide bonds. The number of hydrogen-bond acceptors (Lipinski definition) is 3. The van der Waals surface area contributed by atoms with Crippen molar-refractivity contribution in [1.29, 1.82) is 0 Å². The predicted molar refractivity (Wildman–Crippen MR) is 88.6 cm³/mol. The molecule has 0 bridgehead atoms. The quantitative estimate of drug-likeness (QED) is 0.932. The Bertz CT molecular complexity index is 477. The Morgan fingerprint density at radius 1 is 1.19 bits per heavy atom. The van der Waals surface area contributed by atoms with Crippen molar-refractivity contribution in [3.05, 3.63) is 34.9 Å². The molecule has 3 rings (SSSR count). The van der Waals surface area contributed by atoms with Crippen molar-refractivity contribution in [2.24, 2.45) is 5.73 Å². The molecule has 0 radical (unpaired) electrons. The maximum absolute atomic E-state index is 6.44. The zero-order valence-electron chi connectivity index (χ0n) is 12.8. The number of nitrogens with two attached hydrogens (primary N) is 1. The molecule has 2 fully saturated rings. The average molecular weight is 308 g/mol. The maximum atomic E-state index is 6.44. The zero-order chi connectivity index (χ0) is 14.8. The van der Waals surface area contributed by atoms with Crippen LogP contribution in [0, 0.1) is 0 Å². The number of fused-ring (bicyclic) bond motifs is 1. The van der Waals surface area contributed by atoms with Crippen LogP contribution in [0.2, 0.25) is 5.02 Å². The third kappa shape index (κ3) is 3.26. The highest BCUT2D eigenvalue weighted by molar-refractivity contribution is 6.31. The van der Waals surface area contributed by atoms with Gasteiger partial charge in [-0.2, -0.15) is 0 Å². The van der Waals surface area contributed by atoms with E-state index >= 15 is 0 Å². The lowest BCUT2D eigenvalue weighted by atomic mass is 9.98. The summed E-state index contributed by atoms with van der Waals surface area (Å²) < 4.78 is 0. The average Bonchev–Trinajstić information content (AvgIpc) is 2.79. The van der Waals surface area contributed by atoms with Crippen LogP contribution in [0.25, 0.3) is 0 Å². The molecule has 21 heavy (non-hydrogen) atoms. The van der Waals surface area contributed by atoms with Crippen molar-refractivity contribution < 1.29 is 0 Å². The van der Waals surface area contributed by atoms with Gasteiger partial charge in [0.2, 0.25) is 0 Å². The van der Waals surface area contributed by atoms with E-state index in [2.05, 4.69) is 28.9 Å². The van der Waals surface area contributed by atoms with Gasteiger partial charge in [0.15, 0.2) is 0 Å². The second kappa shape index (κ2) is 6.66. The third-order valence-electron chi connectivity index (χ3n) is 4.95. The van der Waals surface area contributed by atoms with Gasteiger partial charge in [-0.15, -0.1) is 0 Å². The smallest absolute Gasteiger partial charge is 0.0511 e. The molecule has 0 aliphatic carbocycles. The Morgan fingerprint density at radius 2 is 1.95 bits per heavy atom. The molecule has 2 N–H and O–H groups in total. The summed E-state index contributed by atoms with van der Waals surface area (Å²) in [4.78, 5) is 5.23. The van der Waals surface area contributed by atoms with Gasteiger partial charge in [-0.1, -0.05) is 29.8 Å². The second-order valence-corrected chi connectivity index (χ2v) is 6.91. The molecule has 2 saturated heterocycles. The van der Waals surface area contributed by atoms with Crippen LogP contribution in [0.5, 0.6) is 0 Å². The standard InChI is InChI=1S/C17H26ClN3/c1-13(19)17(15-7-2-3-8-16(15)18)21-11-5-10-20-9-4-6-14(20)12-21/h2-3,7-8,13-14,17H,4-6,9-12,19H2,1H3. The minimum Gasteiger partial charge on any atom is -0.326 e. The van der Waals surface area contributed by atoms with Gasteiger partial charge in [0.1, 0.15) is 0 Å². The van der Waals surface area contributed by atoms with Crippen LogP contribution in [-0.2, 0) is 0 Å². The molecule has 0 saturated carbocycles. The fourth-order valence-corrected chi connectivity index (χ4v) is 4.26. The summed E-state index contributed by atoms with van der Waals surface area (Å²) in [6.45, 7) is 6.84. The Balaban J connectivity index is 1.85. The van der Waals surface area contributed by atoms with E-state index in [1.807, 2.05) is 12.1 Å². The number of benzene rings is 1. The first kappa shape index (κ1) is 15.3. The first-order valence-electron chi connectivity index (χ1n) is 8.15. The van der Waals surface area contributed by atoms with Crippen molar-refractivity contribution in [2.75, 3.05) is 26.2 Å². The minimum atomic E-state index is 0.0813. The van der Waals surface area contributed by atoms with Crippen LogP contribution in [0.4, 0.5) is 0 Å². The first-order valence-corrected chi connectivity index (χ1v) is 8.52. The summed E-state index contributed by atoms with van der Waals surface area (Å²) >= 11 is 6.44. The second-order valence-electron chi connectivity index (χ2n) is 6.51. The molecule has 3 atom stereocenters. The Kier molecular flexibility index (Phi) is 4.85. The summed E-state index contributed by atoms with van der Waals surface area (Å²) in [5.74, 6) is 0. The van der Waals surface area contributed by atoms with Crippen molar-refractivity contribution in [3.8, 4) is 0 Å². The van der Waals surface area contributed by atoms with E-state index in [0.29, 0.717) is 6.04 Å². The fourth-order valence-electron chi connectivity index (χ4n) is 4.02. The molecule has 0 aromatic heterocycles. The molecule has 3 unspecified atom stereocenters. The highest BCUT2D eigenvalue weighted by Crippen LogP contribution is 2.32. The van der Waals surface area contributed by atoms with E-state index < -0.39 is 0 Å². The number of nitrogens with zero attached hydrogens (tertiary/aromatic N) is 2. The molecule has 2 heterocycles. The number of rotatable bonds is 3. The van der Waals surface area contributed by atoms with Crippen molar-refractivity contribution in [2.45, 2.75) is 44.3 Å². The lowest BCUT2D eigenvalue weighted by Crippen LogP contribution is -2.44. The Morgan fingerprint density at radius 3 is 2.71 bits per heavy atom. The summed E-state index contributed by atoms with van der Waals surface area (Å²) in [5.41, 5.74) is 7.52. The van der Waals surface area contributed by atoms with E-state index in [4.69, 9.17) is 17.3 Å².